The molecule has 1 aliphatic rings. The molecule has 0 unspecified atom stereocenters. The van der Waals surface area contributed by atoms with Crippen LogP contribution in [0.3, 0.4) is 0 Å². The molecular weight excluding hydrogens is 529 g/mol. The van der Waals surface area contributed by atoms with Gasteiger partial charge in [-0.05, 0) is 69.5 Å². The second kappa shape index (κ2) is 12.6. The Bertz CT molecular complexity index is 1450. The minimum Gasteiger partial charge on any atom is -0.352 e. The summed E-state index contributed by atoms with van der Waals surface area (Å²) in [5.74, 6) is -1.47. The number of carbonyl (C=O) groups excluding carboxylic acids is 2. The molecule has 0 bridgehead atoms. The smallest absolute Gasteiger partial charge is 0.264 e. The van der Waals surface area contributed by atoms with E-state index in [0.717, 1.165) is 41.1 Å². The number of nitrogens with zero attached hydrogens (tertiary/aromatic N) is 2. The summed E-state index contributed by atoms with van der Waals surface area (Å²) in [7, 11) is -4.15. The summed E-state index contributed by atoms with van der Waals surface area (Å²) in [6.07, 6.45) is 3.80. The average Bonchev–Trinajstić information content (AvgIpc) is 3.44. The minimum atomic E-state index is -4.15. The molecular formula is C31H36FN3O4S. The maximum atomic E-state index is 14.7. The van der Waals surface area contributed by atoms with Crippen LogP contribution in [0.5, 0.6) is 0 Å². The number of carbonyl (C=O) groups is 2. The van der Waals surface area contributed by atoms with Crippen LogP contribution < -0.4 is 9.62 Å². The van der Waals surface area contributed by atoms with Crippen LogP contribution in [0, 0.1) is 19.7 Å². The standard InChI is InChI=1S/C31H36FN3O4S/c1-22-15-17-28(18-16-22)40(38,39)35(27-13-8-9-23(2)19-27)21-30(36)34(20-25-10-4-7-14-29(25)32)24(3)31(37)33-26-11-5-6-12-26/h4,7-10,13-19,24,26H,5-6,11-12,20-21H2,1-3H3,(H,33,37)/t24-/m1/s1. The fraction of sp³-hybridized carbons (Fsp3) is 0.355. The molecule has 0 saturated heterocycles. The SMILES string of the molecule is Cc1ccc(S(=O)(=O)N(CC(=O)N(Cc2ccccc2F)[C@H](C)C(=O)NC2CCCC2)c2cccc(C)c2)cc1. The van der Waals surface area contributed by atoms with Gasteiger partial charge in [0.1, 0.15) is 18.4 Å². The van der Waals surface area contributed by atoms with Crippen molar-refractivity contribution in [1.82, 2.24) is 10.2 Å². The molecule has 0 heterocycles. The molecule has 1 saturated carbocycles. The van der Waals surface area contributed by atoms with Crippen molar-refractivity contribution in [2.45, 2.75) is 70.0 Å². The molecule has 9 heteroatoms. The van der Waals surface area contributed by atoms with Crippen LogP contribution in [0.25, 0.3) is 0 Å². The van der Waals surface area contributed by atoms with Gasteiger partial charge in [-0.3, -0.25) is 13.9 Å². The quantitative estimate of drug-likeness (QED) is 0.370. The van der Waals surface area contributed by atoms with Crippen LogP contribution in [0.2, 0.25) is 0 Å². The summed E-state index contributed by atoms with van der Waals surface area (Å²) in [6, 6.07) is 18.4. The van der Waals surface area contributed by atoms with Crippen molar-refractivity contribution in [3.05, 3.63) is 95.3 Å². The number of hydrogen-bond acceptors (Lipinski definition) is 4. The molecule has 1 atom stereocenters. The van der Waals surface area contributed by atoms with Gasteiger partial charge in [0.15, 0.2) is 0 Å². The Morgan fingerprint density at radius 3 is 2.27 bits per heavy atom. The number of aryl methyl sites for hydroxylation is 2. The van der Waals surface area contributed by atoms with Gasteiger partial charge in [0.05, 0.1) is 10.6 Å². The van der Waals surface area contributed by atoms with Gasteiger partial charge in [0, 0.05) is 18.2 Å². The predicted molar refractivity (Wildman–Crippen MR) is 154 cm³/mol. The third-order valence-corrected chi connectivity index (χ3v) is 9.13. The van der Waals surface area contributed by atoms with E-state index in [0.29, 0.717) is 5.69 Å². The van der Waals surface area contributed by atoms with Gasteiger partial charge in [-0.1, -0.05) is 60.9 Å². The van der Waals surface area contributed by atoms with E-state index in [1.165, 1.54) is 23.1 Å². The van der Waals surface area contributed by atoms with Crippen molar-refractivity contribution in [2.24, 2.45) is 0 Å². The third-order valence-electron chi connectivity index (χ3n) is 7.34. The van der Waals surface area contributed by atoms with E-state index in [4.69, 9.17) is 0 Å². The lowest BCUT2D eigenvalue weighted by Crippen LogP contribution is -2.52. The largest absolute Gasteiger partial charge is 0.352 e. The number of benzene rings is 3. The highest BCUT2D eigenvalue weighted by atomic mass is 32.2. The Morgan fingerprint density at radius 1 is 0.950 bits per heavy atom. The molecule has 0 radical (unpaired) electrons. The van der Waals surface area contributed by atoms with Crippen molar-refractivity contribution in [3.8, 4) is 0 Å². The molecule has 1 fully saturated rings. The molecule has 40 heavy (non-hydrogen) atoms. The minimum absolute atomic E-state index is 0.0334. The number of sulfonamides is 1. The zero-order chi connectivity index (χ0) is 28.9. The summed E-state index contributed by atoms with van der Waals surface area (Å²) in [6.45, 7) is 4.54. The Morgan fingerprint density at radius 2 is 1.62 bits per heavy atom. The lowest BCUT2D eigenvalue weighted by Gasteiger charge is -2.32. The number of amides is 2. The van der Waals surface area contributed by atoms with Crippen molar-refractivity contribution >= 4 is 27.5 Å². The summed E-state index contributed by atoms with van der Waals surface area (Å²) in [4.78, 5) is 28.5. The number of anilines is 1. The maximum Gasteiger partial charge on any atom is 0.264 e. The molecule has 1 aliphatic carbocycles. The first-order chi connectivity index (χ1) is 19.1. The second-order valence-electron chi connectivity index (χ2n) is 10.4. The lowest BCUT2D eigenvalue weighted by molar-refractivity contribution is -0.139. The van der Waals surface area contributed by atoms with Gasteiger partial charge in [-0.15, -0.1) is 0 Å². The highest BCUT2D eigenvalue weighted by molar-refractivity contribution is 7.92. The van der Waals surface area contributed by atoms with Gasteiger partial charge in [0.25, 0.3) is 10.0 Å². The van der Waals surface area contributed by atoms with Crippen molar-refractivity contribution in [3.63, 3.8) is 0 Å². The second-order valence-corrected chi connectivity index (χ2v) is 12.3. The van der Waals surface area contributed by atoms with Crippen molar-refractivity contribution in [2.75, 3.05) is 10.8 Å². The van der Waals surface area contributed by atoms with E-state index < -0.39 is 34.3 Å². The Kier molecular flexibility index (Phi) is 9.25. The van der Waals surface area contributed by atoms with Crippen LogP contribution in [-0.4, -0.2) is 43.8 Å². The van der Waals surface area contributed by atoms with Gasteiger partial charge in [-0.2, -0.15) is 0 Å². The summed E-state index contributed by atoms with van der Waals surface area (Å²) in [5, 5.41) is 3.01. The van der Waals surface area contributed by atoms with Crippen LogP contribution in [0.15, 0.2) is 77.7 Å². The lowest BCUT2D eigenvalue weighted by atomic mass is 10.1. The molecule has 0 aliphatic heterocycles. The van der Waals surface area contributed by atoms with Crippen molar-refractivity contribution < 1.29 is 22.4 Å². The summed E-state index contributed by atoms with van der Waals surface area (Å²) in [5.41, 5.74) is 2.28. The van der Waals surface area contributed by atoms with E-state index in [2.05, 4.69) is 5.32 Å². The van der Waals surface area contributed by atoms with Gasteiger partial charge < -0.3 is 10.2 Å². The number of nitrogens with one attached hydrogen (secondary N) is 1. The van der Waals surface area contributed by atoms with Crippen molar-refractivity contribution in [1.29, 1.82) is 0 Å². The first kappa shape index (κ1) is 29.3. The Labute approximate surface area is 236 Å². The predicted octanol–water partition coefficient (Wildman–Crippen LogP) is 5.11. The monoisotopic (exact) mass is 565 g/mol. The zero-order valence-corrected chi connectivity index (χ0v) is 24.0. The van der Waals surface area contributed by atoms with Gasteiger partial charge in [-0.25, -0.2) is 12.8 Å². The molecule has 1 N–H and O–H groups in total. The van der Waals surface area contributed by atoms with E-state index >= 15 is 0 Å². The fourth-order valence-electron chi connectivity index (χ4n) is 4.93. The highest BCUT2D eigenvalue weighted by Crippen LogP contribution is 2.26. The first-order valence-corrected chi connectivity index (χ1v) is 15.0. The van der Waals surface area contributed by atoms with E-state index in [1.807, 2.05) is 19.9 Å². The Hall–Kier alpha value is -3.72. The molecule has 212 valence electrons. The van der Waals surface area contributed by atoms with Crippen LogP contribution in [-0.2, 0) is 26.2 Å². The Balaban J connectivity index is 1.69. The van der Waals surface area contributed by atoms with Crippen LogP contribution in [0.1, 0.15) is 49.3 Å². The summed E-state index contributed by atoms with van der Waals surface area (Å²) >= 11 is 0. The number of hydrogen-bond donors (Lipinski definition) is 1. The van der Waals surface area contributed by atoms with Crippen LogP contribution in [0.4, 0.5) is 10.1 Å². The average molecular weight is 566 g/mol. The zero-order valence-electron chi connectivity index (χ0n) is 23.1. The van der Waals surface area contributed by atoms with Gasteiger partial charge >= 0.3 is 0 Å². The van der Waals surface area contributed by atoms with E-state index in [-0.39, 0.29) is 29.0 Å². The molecule has 7 nitrogen and oxygen atoms in total. The topological polar surface area (TPSA) is 86.8 Å². The van der Waals surface area contributed by atoms with E-state index in [9.17, 15) is 22.4 Å². The highest BCUT2D eigenvalue weighted by Gasteiger charge is 2.33. The third kappa shape index (κ3) is 6.88. The van der Waals surface area contributed by atoms with E-state index in [1.54, 1.807) is 55.5 Å². The number of rotatable bonds is 10. The summed E-state index contributed by atoms with van der Waals surface area (Å²) < 4.78 is 43.5. The maximum absolute atomic E-state index is 14.7. The first-order valence-electron chi connectivity index (χ1n) is 13.6. The number of halogens is 1. The van der Waals surface area contributed by atoms with Crippen LogP contribution >= 0.6 is 0 Å². The van der Waals surface area contributed by atoms with Gasteiger partial charge in [0.2, 0.25) is 11.8 Å². The molecule has 4 rings (SSSR count). The molecule has 0 aromatic heterocycles. The molecule has 0 spiro atoms. The fourth-order valence-corrected chi connectivity index (χ4v) is 6.34. The molecule has 3 aromatic carbocycles. The molecule has 2 amide bonds. The molecule has 3 aromatic rings. The normalized spacial score (nSPS) is 14.5.